The molecule has 0 bridgehead atoms. The Bertz CT molecular complexity index is 145. The molecule has 0 aliphatic carbocycles. The molecule has 0 unspecified atom stereocenters. The van der Waals surface area contributed by atoms with Gasteiger partial charge in [0.2, 0.25) is 0 Å². The van der Waals surface area contributed by atoms with Crippen molar-refractivity contribution in [2.75, 3.05) is 0 Å². The van der Waals surface area contributed by atoms with Gasteiger partial charge >= 0.3 is 0 Å². The van der Waals surface area contributed by atoms with Gasteiger partial charge < -0.3 is 5.11 Å². The first-order valence-corrected chi connectivity index (χ1v) is 2.96. The average molecular weight is 125 g/mol. The monoisotopic (exact) mass is 125 g/mol. The van der Waals surface area contributed by atoms with Gasteiger partial charge in [0.1, 0.15) is 6.07 Å². The van der Waals surface area contributed by atoms with Gasteiger partial charge in [0.25, 0.3) is 0 Å². The van der Waals surface area contributed by atoms with Crippen LogP contribution in [0.3, 0.4) is 0 Å². The second-order valence-corrected chi connectivity index (χ2v) is 1.89. The number of hydrogen-bond acceptors (Lipinski definition) is 2. The zero-order valence-corrected chi connectivity index (χ0v) is 5.76. The molecule has 50 valence electrons. The maximum atomic E-state index is 9.18. The van der Waals surface area contributed by atoms with E-state index in [1.54, 1.807) is 26.0 Å². The van der Waals surface area contributed by atoms with Gasteiger partial charge in [-0.3, -0.25) is 0 Å². The standard InChI is InChI=1S/C7H11NO/c1-3-5-7(9,4-2)6-8/h3,5,9H,4H2,1-2H3/b5-3+/t7-/m1/s1. The van der Waals surface area contributed by atoms with Crippen LogP contribution in [0, 0.1) is 11.3 Å². The Morgan fingerprint density at radius 1 is 1.78 bits per heavy atom. The highest BCUT2D eigenvalue weighted by atomic mass is 16.3. The number of rotatable bonds is 2. The van der Waals surface area contributed by atoms with Crippen LogP contribution in [0.1, 0.15) is 20.3 Å². The number of nitriles is 1. The summed E-state index contributed by atoms with van der Waals surface area (Å²) in [6.45, 7) is 3.54. The van der Waals surface area contributed by atoms with E-state index in [4.69, 9.17) is 5.26 Å². The molecule has 0 rings (SSSR count). The molecule has 0 saturated carbocycles. The molecule has 2 nitrogen and oxygen atoms in total. The summed E-state index contributed by atoms with van der Waals surface area (Å²) in [7, 11) is 0. The minimum atomic E-state index is -1.24. The lowest BCUT2D eigenvalue weighted by Gasteiger charge is -2.10. The van der Waals surface area contributed by atoms with Crippen molar-refractivity contribution in [2.45, 2.75) is 25.9 Å². The first kappa shape index (κ1) is 8.19. The average Bonchev–Trinajstić information content (AvgIpc) is 1.89. The van der Waals surface area contributed by atoms with E-state index in [-0.39, 0.29) is 0 Å². The minimum Gasteiger partial charge on any atom is -0.372 e. The molecular weight excluding hydrogens is 114 g/mol. The third kappa shape index (κ3) is 2.29. The van der Waals surface area contributed by atoms with E-state index >= 15 is 0 Å². The van der Waals surface area contributed by atoms with Crippen LogP contribution < -0.4 is 0 Å². The summed E-state index contributed by atoms with van der Waals surface area (Å²) in [6, 6.07) is 1.80. The van der Waals surface area contributed by atoms with Gasteiger partial charge in [-0.2, -0.15) is 5.26 Å². The van der Waals surface area contributed by atoms with Crippen molar-refractivity contribution in [1.29, 1.82) is 5.26 Å². The topological polar surface area (TPSA) is 44.0 Å². The largest absolute Gasteiger partial charge is 0.372 e. The molecule has 9 heavy (non-hydrogen) atoms. The number of aliphatic hydroxyl groups is 1. The number of nitrogens with zero attached hydrogens (tertiary/aromatic N) is 1. The molecule has 0 spiro atoms. The summed E-state index contributed by atoms with van der Waals surface area (Å²) in [5, 5.41) is 17.5. The van der Waals surface area contributed by atoms with Gasteiger partial charge in [0.05, 0.1) is 0 Å². The molecule has 0 aromatic heterocycles. The van der Waals surface area contributed by atoms with Crippen LogP contribution in [0.4, 0.5) is 0 Å². The Labute approximate surface area is 55.4 Å². The van der Waals surface area contributed by atoms with Crippen LogP contribution in [0.15, 0.2) is 12.2 Å². The highest BCUT2D eigenvalue weighted by molar-refractivity contribution is 5.13. The second kappa shape index (κ2) is 3.26. The lowest BCUT2D eigenvalue weighted by atomic mass is 10.0. The third-order valence-electron chi connectivity index (χ3n) is 1.18. The van der Waals surface area contributed by atoms with E-state index in [1.807, 2.05) is 0 Å². The predicted molar refractivity (Wildman–Crippen MR) is 35.7 cm³/mol. The molecular formula is C7H11NO. The lowest BCUT2D eigenvalue weighted by molar-refractivity contribution is 0.146. The van der Waals surface area contributed by atoms with E-state index in [1.165, 1.54) is 6.08 Å². The summed E-state index contributed by atoms with van der Waals surface area (Å²) >= 11 is 0. The van der Waals surface area contributed by atoms with E-state index in [9.17, 15) is 5.11 Å². The fraction of sp³-hybridized carbons (Fsp3) is 0.571. The van der Waals surface area contributed by atoms with Crippen LogP contribution in [0.5, 0.6) is 0 Å². The van der Waals surface area contributed by atoms with Crippen LogP contribution in [-0.2, 0) is 0 Å². The molecule has 0 fully saturated rings. The zero-order valence-electron chi connectivity index (χ0n) is 5.76. The van der Waals surface area contributed by atoms with Crippen molar-refractivity contribution in [1.82, 2.24) is 0 Å². The molecule has 2 heteroatoms. The van der Waals surface area contributed by atoms with Crippen LogP contribution in [0.25, 0.3) is 0 Å². The Kier molecular flexibility index (Phi) is 2.97. The second-order valence-electron chi connectivity index (χ2n) is 1.89. The third-order valence-corrected chi connectivity index (χ3v) is 1.18. The zero-order chi connectivity index (χ0) is 7.33. The summed E-state index contributed by atoms with van der Waals surface area (Å²) < 4.78 is 0. The fourth-order valence-electron chi connectivity index (χ4n) is 0.510. The van der Waals surface area contributed by atoms with Crippen LogP contribution >= 0.6 is 0 Å². The molecule has 0 saturated heterocycles. The van der Waals surface area contributed by atoms with Gasteiger partial charge in [-0.25, -0.2) is 0 Å². The maximum absolute atomic E-state index is 9.18. The highest BCUT2D eigenvalue weighted by Crippen LogP contribution is 2.08. The summed E-state index contributed by atoms with van der Waals surface area (Å²) in [5.74, 6) is 0. The first-order valence-electron chi connectivity index (χ1n) is 2.96. The number of hydrogen-bond donors (Lipinski definition) is 1. The summed E-state index contributed by atoms with van der Waals surface area (Å²) in [6.07, 6.45) is 3.60. The number of allylic oxidation sites excluding steroid dienone is 1. The van der Waals surface area contributed by atoms with E-state index in [0.29, 0.717) is 6.42 Å². The van der Waals surface area contributed by atoms with Crippen molar-refractivity contribution in [3.8, 4) is 6.07 Å². The summed E-state index contributed by atoms with van der Waals surface area (Å²) in [4.78, 5) is 0. The highest BCUT2D eigenvalue weighted by Gasteiger charge is 2.18. The van der Waals surface area contributed by atoms with Crippen LogP contribution in [0.2, 0.25) is 0 Å². The van der Waals surface area contributed by atoms with E-state index < -0.39 is 5.60 Å². The lowest BCUT2D eigenvalue weighted by Crippen LogP contribution is -2.21. The molecule has 0 aromatic rings. The Hall–Kier alpha value is -0.810. The molecule has 0 aliphatic rings. The smallest absolute Gasteiger partial charge is 0.169 e. The fourth-order valence-corrected chi connectivity index (χ4v) is 0.510. The van der Waals surface area contributed by atoms with Crippen LogP contribution in [-0.4, -0.2) is 10.7 Å². The molecule has 0 radical (unpaired) electrons. The molecule has 1 atom stereocenters. The van der Waals surface area contributed by atoms with E-state index in [2.05, 4.69) is 0 Å². The van der Waals surface area contributed by atoms with Gasteiger partial charge in [-0.1, -0.05) is 13.0 Å². The van der Waals surface area contributed by atoms with Crippen molar-refractivity contribution >= 4 is 0 Å². The SMILES string of the molecule is C/C=C/[C@@](O)(C#N)CC. The minimum absolute atomic E-state index is 0.438. The quantitative estimate of drug-likeness (QED) is 0.445. The Morgan fingerprint density at radius 2 is 2.33 bits per heavy atom. The molecule has 0 aromatic carbocycles. The van der Waals surface area contributed by atoms with Crippen molar-refractivity contribution < 1.29 is 5.11 Å². The van der Waals surface area contributed by atoms with Crippen molar-refractivity contribution in [2.24, 2.45) is 0 Å². The molecule has 0 aliphatic heterocycles. The van der Waals surface area contributed by atoms with Gasteiger partial charge in [-0.05, 0) is 19.4 Å². The Morgan fingerprint density at radius 3 is 2.44 bits per heavy atom. The maximum Gasteiger partial charge on any atom is 0.169 e. The normalized spacial score (nSPS) is 17.1. The summed E-state index contributed by atoms with van der Waals surface area (Å²) in [5.41, 5.74) is -1.24. The Balaban J connectivity index is 4.14. The van der Waals surface area contributed by atoms with Gasteiger partial charge in [-0.15, -0.1) is 0 Å². The van der Waals surface area contributed by atoms with Gasteiger partial charge in [0.15, 0.2) is 5.60 Å². The van der Waals surface area contributed by atoms with Crippen molar-refractivity contribution in [3.63, 3.8) is 0 Å². The molecule has 0 amide bonds. The van der Waals surface area contributed by atoms with E-state index in [0.717, 1.165) is 0 Å². The van der Waals surface area contributed by atoms with Gasteiger partial charge in [0, 0.05) is 0 Å². The van der Waals surface area contributed by atoms with Crippen molar-refractivity contribution in [3.05, 3.63) is 12.2 Å². The molecule has 1 N–H and O–H groups in total. The predicted octanol–water partition coefficient (Wildman–Crippen LogP) is 1.23. The molecule has 0 heterocycles. The first-order chi connectivity index (χ1) is 4.18.